The lowest BCUT2D eigenvalue weighted by Crippen LogP contribution is -2.29. The third-order valence-corrected chi connectivity index (χ3v) is 6.93. The number of hydrogen-bond acceptors (Lipinski definition) is 5. The maximum atomic E-state index is 12.3. The third kappa shape index (κ3) is 5.29. The van der Waals surface area contributed by atoms with Crippen molar-refractivity contribution in [2.24, 2.45) is 0 Å². The fourth-order valence-electron chi connectivity index (χ4n) is 2.28. The number of nitrogens with one attached hydrogen (secondary N) is 1. The number of para-hydroxylation sites is 1. The quantitative estimate of drug-likeness (QED) is 0.723. The van der Waals surface area contributed by atoms with Gasteiger partial charge < -0.3 is 10.1 Å². The van der Waals surface area contributed by atoms with Crippen LogP contribution in [0.25, 0.3) is 0 Å². The molecular weight excluding hydrogens is 360 g/mol. The van der Waals surface area contributed by atoms with Gasteiger partial charge >= 0.3 is 0 Å². The van der Waals surface area contributed by atoms with Gasteiger partial charge in [0.2, 0.25) is 5.91 Å². The number of carbonyl (C=O) groups is 1. The van der Waals surface area contributed by atoms with Crippen LogP contribution >= 0.6 is 11.3 Å². The van der Waals surface area contributed by atoms with Gasteiger partial charge in [-0.15, -0.1) is 11.3 Å². The monoisotopic (exact) mass is 382 g/mol. The summed E-state index contributed by atoms with van der Waals surface area (Å²) < 4.78 is 31.4. The number of carbonyl (C=O) groups excluding carboxylic acids is 1. The summed E-state index contributed by atoms with van der Waals surface area (Å²) in [6.45, 7) is 0.675. The molecule has 1 heterocycles. The van der Waals surface area contributed by atoms with E-state index in [0.29, 0.717) is 23.7 Å². The Balaban J connectivity index is 1.77. The fourth-order valence-corrected chi connectivity index (χ4v) is 4.69. The number of thiophene rings is 1. The Hall–Kier alpha value is -1.90. The Morgan fingerprint density at radius 1 is 1.24 bits per heavy atom. The standard InChI is InChI=1S/C17H22N2O4S2/c1-19(25(21,22)17-10-6-12-24-17)11-5-9-16(20)18-13-14-7-3-4-8-15(14)23-2/h3-4,6-8,10,12H,5,9,11,13H2,1-2H3,(H,18,20). The number of benzene rings is 1. The van der Waals surface area contributed by atoms with Crippen molar-refractivity contribution in [3.05, 3.63) is 47.3 Å². The molecule has 1 aromatic carbocycles. The zero-order valence-electron chi connectivity index (χ0n) is 14.3. The van der Waals surface area contributed by atoms with Crippen LogP contribution in [-0.2, 0) is 21.4 Å². The van der Waals surface area contributed by atoms with Crippen molar-refractivity contribution in [2.45, 2.75) is 23.6 Å². The Labute approximate surface area is 152 Å². The highest BCUT2D eigenvalue weighted by atomic mass is 32.2. The summed E-state index contributed by atoms with van der Waals surface area (Å²) in [5.41, 5.74) is 0.899. The topological polar surface area (TPSA) is 75.7 Å². The minimum atomic E-state index is -3.45. The van der Waals surface area contributed by atoms with E-state index in [1.165, 1.54) is 22.7 Å². The lowest BCUT2D eigenvalue weighted by molar-refractivity contribution is -0.121. The minimum absolute atomic E-state index is 0.118. The van der Waals surface area contributed by atoms with Crippen molar-refractivity contribution in [3.63, 3.8) is 0 Å². The first-order valence-electron chi connectivity index (χ1n) is 7.83. The third-order valence-electron chi connectivity index (χ3n) is 3.71. The largest absolute Gasteiger partial charge is 0.496 e. The summed E-state index contributed by atoms with van der Waals surface area (Å²) in [4.78, 5) is 12.0. The molecule has 0 radical (unpaired) electrons. The predicted molar refractivity (Wildman–Crippen MR) is 98.2 cm³/mol. The Bertz CT molecular complexity index is 789. The lowest BCUT2D eigenvalue weighted by atomic mass is 10.2. The molecule has 0 aliphatic heterocycles. The molecule has 0 atom stereocenters. The Kier molecular flexibility index (Phi) is 6.98. The van der Waals surface area contributed by atoms with Crippen LogP contribution in [0.4, 0.5) is 0 Å². The highest BCUT2D eigenvalue weighted by molar-refractivity contribution is 7.91. The van der Waals surface area contributed by atoms with Crippen LogP contribution in [0.5, 0.6) is 5.75 Å². The van der Waals surface area contributed by atoms with Gasteiger partial charge in [0.1, 0.15) is 9.96 Å². The predicted octanol–water partition coefficient (Wildman–Crippen LogP) is 2.47. The summed E-state index contributed by atoms with van der Waals surface area (Å²) in [5, 5.41) is 4.56. The second-order valence-corrected chi connectivity index (χ2v) is 8.67. The molecule has 0 saturated heterocycles. The van der Waals surface area contributed by atoms with Crippen LogP contribution in [0.1, 0.15) is 18.4 Å². The van der Waals surface area contributed by atoms with Crippen LogP contribution < -0.4 is 10.1 Å². The number of ether oxygens (including phenoxy) is 1. The van der Waals surface area contributed by atoms with E-state index in [1.807, 2.05) is 24.3 Å². The van der Waals surface area contributed by atoms with Crippen LogP contribution in [0, 0.1) is 0 Å². The van der Waals surface area contributed by atoms with E-state index in [0.717, 1.165) is 11.3 Å². The van der Waals surface area contributed by atoms with Crippen molar-refractivity contribution < 1.29 is 17.9 Å². The SMILES string of the molecule is COc1ccccc1CNC(=O)CCCN(C)S(=O)(=O)c1cccs1. The summed E-state index contributed by atoms with van der Waals surface area (Å²) >= 11 is 1.19. The molecule has 0 aliphatic rings. The van der Waals surface area contributed by atoms with Crippen molar-refractivity contribution >= 4 is 27.3 Å². The smallest absolute Gasteiger partial charge is 0.252 e. The molecule has 136 valence electrons. The average molecular weight is 383 g/mol. The lowest BCUT2D eigenvalue weighted by Gasteiger charge is -2.15. The van der Waals surface area contributed by atoms with Gasteiger partial charge in [-0.1, -0.05) is 24.3 Å². The minimum Gasteiger partial charge on any atom is -0.496 e. The van der Waals surface area contributed by atoms with E-state index in [2.05, 4.69) is 5.32 Å². The van der Waals surface area contributed by atoms with Gasteiger partial charge in [0, 0.05) is 32.1 Å². The van der Waals surface area contributed by atoms with Gasteiger partial charge in [-0.2, -0.15) is 0 Å². The van der Waals surface area contributed by atoms with Crippen molar-refractivity contribution in [1.82, 2.24) is 9.62 Å². The van der Waals surface area contributed by atoms with E-state index in [-0.39, 0.29) is 12.3 Å². The van der Waals surface area contributed by atoms with Gasteiger partial charge in [0.15, 0.2) is 0 Å². The number of hydrogen-bond donors (Lipinski definition) is 1. The van der Waals surface area contributed by atoms with Crippen LogP contribution in [0.3, 0.4) is 0 Å². The van der Waals surface area contributed by atoms with Gasteiger partial charge in [0.05, 0.1) is 7.11 Å². The molecule has 6 nitrogen and oxygen atoms in total. The normalized spacial score (nSPS) is 11.5. The molecule has 0 spiro atoms. The van der Waals surface area contributed by atoms with Crippen molar-refractivity contribution in [1.29, 1.82) is 0 Å². The summed E-state index contributed by atoms with van der Waals surface area (Å²) in [6, 6.07) is 10.8. The van der Waals surface area contributed by atoms with Crippen molar-refractivity contribution in [2.75, 3.05) is 20.7 Å². The number of nitrogens with zero attached hydrogens (tertiary/aromatic N) is 1. The van der Waals surface area contributed by atoms with Crippen molar-refractivity contribution in [3.8, 4) is 5.75 Å². The number of amides is 1. The molecule has 0 saturated carbocycles. The van der Waals surface area contributed by atoms with Crippen LogP contribution in [-0.4, -0.2) is 39.3 Å². The first-order valence-corrected chi connectivity index (χ1v) is 10.2. The Morgan fingerprint density at radius 3 is 2.68 bits per heavy atom. The molecular formula is C17H22N2O4S2. The molecule has 2 aromatic rings. The highest BCUT2D eigenvalue weighted by Gasteiger charge is 2.21. The molecule has 25 heavy (non-hydrogen) atoms. The van der Waals surface area contributed by atoms with Gasteiger partial charge in [0.25, 0.3) is 10.0 Å². The second-order valence-electron chi connectivity index (χ2n) is 5.45. The molecule has 2 rings (SSSR count). The van der Waals surface area contributed by atoms with Crippen LogP contribution in [0.2, 0.25) is 0 Å². The maximum absolute atomic E-state index is 12.3. The van der Waals surface area contributed by atoms with Gasteiger partial charge in [-0.05, 0) is 23.9 Å². The van der Waals surface area contributed by atoms with Gasteiger partial charge in [-0.3, -0.25) is 4.79 Å². The van der Waals surface area contributed by atoms with Crippen LogP contribution in [0.15, 0.2) is 46.0 Å². The average Bonchev–Trinajstić information content (AvgIpc) is 3.15. The van der Waals surface area contributed by atoms with E-state index >= 15 is 0 Å². The first kappa shape index (κ1) is 19.4. The molecule has 0 bridgehead atoms. The summed E-state index contributed by atoms with van der Waals surface area (Å²) in [6.07, 6.45) is 0.721. The van der Waals surface area contributed by atoms with E-state index < -0.39 is 10.0 Å². The molecule has 8 heteroatoms. The molecule has 1 aromatic heterocycles. The fraction of sp³-hybridized carbons (Fsp3) is 0.353. The number of methoxy groups -OCH3 is 1. The van der Waals surface area contributed by atoms with Gasteiger partial charge in [-0.25, -0.2) is 12.7 Å². The van der Waals surface area contributed by atoms with E-state index in [4.69, 9.17) is 4.74 Å². The zero-order chi connectivity index (χ0) is 18.3. The molecule has 1 N–H and O–H groups in total. The zero-order valence-corrected chi connectivity index (χ0v) is 15.9. The highest BCUT2D eigenvalue weighted by Crippen LogP contribution is 2.20. The van der Waals surface area contributed by atoms with E-state index in [9.17, 15) is 13.2 Å². The maximum Gasteiger partial charge on any atom is 0.252 e. The molecule has 1 amide bonds. The summed E-state index contributed by atoms with van der Waals surface area (Å²) in [7, 11) is -0.337. The Morgan fingerprint density at radius 2 is 2.00 bits per heavy atom. The molecule has 0 aliphatic carbocycles. The second kappa shape index (κ2) is 8.98. The summed E-state index contributed by atoms with van der Waals surface area (Å²) in [5.74, 6) is 0.609. The number of rotatable bonds is 9. The number of sulfonamides is 1. The molecule has 0 fully saturated rings. The molecule has 0 unspecified atom stereocenters. The van der Waals surface area contributed by atoms with E-state index in [1.54, 1.807) is 24.6 Å². The first-order chi connectivity index (χ1) is 11.9.